The lowest BCUT2D eigenvalue weighted by molar-refractivity contribution is 0.180. The molecule has 2 aromatic heterocycles. The van der Waals surface area contributed by atoms with Gasteiger partial charge in [0, 0.05) is 18.1 Å². The summed E-state index contributed by atoms with van der Waals surface area (Å²) in [6.45, 7) is 0.277. The maximum absolute atomic E-state index is 9.69. The zero-order chi connectivity index (χ0) is 18.3. The molecule has 1 unspecified atom stereocenters. The number of H-pyrrole nitrogens is 1. The van der Waals surface area contributed by atoms with E-state index < -0.39 is 5.92 Å². The minimum absolute atomic E-state index is 0.00434. The quantitative estimate of drug-likeness (QED) is 0.688. The molecule has 0 radical (unpaired) electrons. The number of halogens is 1. The van der Waals surface area contributed by atoms with Crippen molar-refractivity contribution in [2.45, 2.75) is 12.5 Å². The fourth-order valence-corrected chi connectivity index (χ4v) is 3.44. The minimum Gasteiger partial charge on any atom is -0.420 e. The van der Waals surface area contributed by atoms with Gasteiger partial charge in [-0.1, -0.05) is 29.8 Å². The molecule has 1 aliphatic heterocycles. The summed E-state index contributed by atoms with van der Waals surface area (Å²) in [6.07, 6.45) is 0. The number of nitrogens with one attached hydrogen (secondary N) is 1. The Hall–Kier alpha value is -3.08. The van der Waals surface area contributed by atoms with Crippen molar-refractivity contribution < 1.29 is 9.47 Å². The first-order chi connectivity index (χ1) is 12.6. The number of aromatic nitrogens is 3. The summed E-state index contributed by atoms with van der Waals surface area (Å²) >= 11 is 6.48. The van der Waals surface area contributed by atoms with E-state index in [0.717, 1.165) is 10.9 Å². The Morgan fingerprint density at radius 2 is 2.23 bits per heavy atom. The number of pyridine rings is 1. The molecular weight excluding hydrogens is 354 g/mol. The van der Waals surface area contributed by atoms with Crippen LogP contribution in [0.15, 0.2) is 41.8 Å². The van der Waals surface area contributed by atoms with Gasteiger partial charge in [-0.2, -0.15) is 5.26 Å². The second-order valence-corrected chi connectivity index (χ2v) is 6.20. The lowest BCUT2D eigenvalue weighted by Gasteiger charge is -2.24. The van der Waals surface area contributed by atoms with Crippen molar-refractivity contribution in [2.75, 3.05) is 7.11 Å². The Bertz CT molecular complexity index is 1080. The van der Waals surface area contributed by atoms with Crippen molar-refractivity contribution in [3.05, 3.63) is 63.8 Å². The number of benzene rings is 1. The maximum Gasteiger partial charge on any atom is 0.244 e. The number of hydrogen-bond donors (Lipinski definition) is 2. The molecule has 1 aromatic carbocycles. The lowest BCUT2D eigenvalue weighted by Crippen LogP contribution is -2.21. The number of nitrogens with two attached hydrogens (primary N) is 1. The molecule has 3 heterocycles. The number of rotatable bonds is 3. The summed E-state index contributed by atoms with van der Waals surface area (Å²) in [4.78, 5) is 4.47. The first-order valence-electron chi connectivity index (χ1n) is 7.83. The summed E-state index contributed by atoms with van der Waals surface area (Å²) < 4.78 is 10.7. The third-order valence-corrected chi connectivity index (χ3v) is 4.62. The average Bonchev–Trinajstić information content (AvgIpc) is 3.02. The van der Waals surface area contributed by atoms with Crippen molar-refractivity contribution in [2.24, 2.45) is 5.73 Å². The molecule has 0 aliphatic carbocycles. The van der Waals surface area contributed by atoms with E-state index in [-0.39, 0.29) is 18.1 Å². The van der Waals surface area contributed by atoms with E-state index in [1.807, 2.05) is 30.3 Å². The van der Waals surface area contributed by atoms with Crippen LogP contribution in [0, 0.1) is 11.3 Å². The number of fused-ring (bicyclic) bond motifs is 2. The second kappa shape index (κ2) is 6.33. The summed E-state index contributed by atoms with van der Waals surface area (Å²) in [5.41, 5.74) is 9.02. The summed E-state index contributed by atoms with van der Waals surface area (Å²) in [6, 6.07) is 11.7. The molecule has 26 heavy (non-hydrogen) atoms. The number of allylic oxidation sites excluding steroid dienone is 1. The van der Waals surface area contributed by atoms with Crippen LogP contribution >= 0.6 is 11.6 Å². The average molecular weight is 368 g/mol. The van der Waals surface area contributed by atoms with Crippen LogP contribution in [0.3, 0.4) is 0 Å². The third-order valence-electron chi connectivity index (χ3n) is 4.32. The normalized spacial score (nSPS) is 16.3. The van der Waals surface area contributed by atoms with E-state index in [1.54, 1.807) is 7.11 Å². The Kier molecular flexibility index (Phi) is 3.99. The molecule has 130 valence electrons. The number of nitriles is 1. The third kappa shape index (κ3) is 2.47. The number of hydrogen-bond acceptors (Lipinski definition) is 6. The van der Waals surface area contributed by atoms with Crippen LogP contribution in [-0.4, -0.2) is 22.3 Å². The molecule has 0 saturated carbocycles. The SMILES string of the molecule is COCc1[nH]nc2c1C(c1cc3ccccc3nc1Cl)C(C#N)=C(N)O2. The van der Waals surface area contributed by atoms with Crippen molar-refractivity contribution in [1.82, 2.24) is 15.2 Å². The maximum atomic E-state index is 9.69. The van der Waals surface area contributed by atoms with Gasteiger partial charge in [-0.05, 0) is 12.1 Å². The molecule has 1 atom stereocenters. The number of para-hydroxylation sites is 1. The zero-order valence-electron chi connectivity index (χ0n) is 13.8. The molecule has 4 rings (SSSR count). The molecule has 8 heteroatoms. The molecule has 0 saturated heterocycles. The van der Waals surface area contributed by atoms with Crippen LogP contribution in [0.25, 0.3) is 10.9 Å². The van der Waals surface area contributed by atoms with Crippen molar-refractivity contribution in [3.8, 4) is 11.9 Å². The molecule has 3 aromatic rings. The van der Waals surface area contributed by atoms with Gasteiger partial charge in [0.15, 0.2) is 0 Å². The topological polar surface area (TPSA) is 110 Å². The van der Waals surface area contributed by atoms with Gasteiger partial charge in [-0.3, -0.25) is 5.10 Å². The highest BCUT2D eigenvalue weighted by Crippen LogP contribution is 2.45. The largest absolute Gasteiger partial charge is 0.420 e. The zero-order valence-corrected chi connectivity index (χ0v) is 14.5. The first-order valence-corrected chi connectivity index (χ1v) is 8.20. The molecule has 3 N–H and O–H groups in total. The molecule has 0 fully saturated rings. The number of ether oxygens (including phenoxy) is 2. The Labute approximate surface area is 154 Å². The van der Waals surface area contributed by atoms with Crippen molar-refractivity contribution in [1.29, 1.82) is 5.26 Å². The van der Waals surface area contributed by atoms with Crippen LogP contribution in [0.2, 0.25) is 5.15 Å². The fraction of sp³-hybridized carbons (Fsp3) is 0.167. The van der Waals surface area contributed by atoms with Crippen LogP contribution in [0.5, 0.6) is 5.88 Å². The molecule has 1 aliphatic rings. The number of aromatic amines is 1. The number of methoxy groups -OCH3 is 1. The molecule has 0 amide bonds. The Balaban J connectivity index is 1.99. The molecule has 7 nitrogen and oxygen atoms in total. The smallest absolute Gasteiger partial charge is 0.244 e. The summed E-state index contributed by atoms with van der Waals surface area (Å²) in [5.74, 6) is -0.232. The molecular formula is C18H14ClN5O2. The van der Waals surface area contributed by atoms with Gasteiger partial charge in [0.1, 0.15) is 16.8 Å². The molecule has 0 spiro atoms. The predicted octanol–water partition coefficient (Wildman–Crippen LogP) is 2.98. The van der Waals surface area contributed by atoms with Crippen LogP contribution < -0.4 is 10.5 Å². The lowest BCUT2D eigenvalue weighted by atomic mass is 9.84. The highest BCUT2D eigenvalue weighted by atomic mass is 35.5. The van der Waals surface area contributed by atoms with E-state index in [2.05, 4.69) is 21.3 Å². The number of nitrogens with zero attached hydrogens (tertiary/aromatic N) is 3. The van der Waals surface area contributed by atoms with Gasteiger partial charge < -0.3 is 15.2 Å². The Morgan fingerprint density at radius 1 is 1.42 bits per heavy atom. The second-order valence-electron chi connectivity index (χ2n) is 5.84. The molecule has 0 bridgehead atoms. The van der Waals surface area contributed by atoms with Crippen LogP contribution in [0.4, 0.5) is 0 Å². The van der Waals surface area contributed by atoms with E-state index in [0.29, 0.717) is 27.9 Å². The van der Waals surface area contributed by atoms with Crippen LogP contribution in [0.1, 0.15) is 22.7 Å². The Morgan fingerprint density at radius 3 is 3.00 bits per heavy atom. The van der Waals surface area contributed by atoms with Crippen LogP contribution in [-0.2, 0) is 11.3 Å². The van der Waals surface area contributed by atoms with E-state index in [9.17, 15) is 5.26 Å². The van der Waals surface area contributed by atoms with Gasteiger partial charge >= 0.3 is 0 Å². The minimum atomic E-state index is -0.544. The van der Waals surface area contributed by atoms with Crippen molar-refractivity contribution in [3.63, 3.8) is 0 Å². The predicted molar refractivity (Wildman–Crippen MR) is 95.4 cm³/mol. The standard InChI is InChI=1S/C18H14ClN5O2/c1-25-8-13-15-14(11(7-20)17(21)26-18(15)24-23-13)10-6-9-4-2-3-5-12(9)22-16(10)19/h2-6,14H,8,21H2,1H3,(H,23,24). The van der Waals surface area contributed by atoms with Gasteiger partial charge in [0.25, 0.3) is 0 Å². The fourth-order valence-electron chi connectivity index (χ4n) is 3.19. The van der Waals surface area contributed by atoms with Gasteiger partial charge in [0.2, 0.25) is 11.8 Å². The summed E-state index contributed by atoms with van der Waals surface area (Å²) in [7, 11) is 1.58. The monoisotopic (exact) mass is 367 g/mol. The van der Waals surface area contributed by atoms with E-state index >= 15 is 0 Å². The summed E-state index contributed by atoms with van der Waals surface area (Å²) in [5, 5.41) is 17.9. The van der Waals surface area contributed by atoms with Crippen molar-refractivity contribution >= 4 is 22.5 Å². The van der Waals surface area contributed by atoms with Gasteiger partial charge in [-0.25, -0.2) is 4.98 Å². The first kappa shape index (κ1) is 16.4. The highest BCUT2D eigenvalue weighted by Gasteiger charge is 2.36. The van der Waals surface area contributed by atoms with Gasteiger partial charge in [-0.15, -0.1) is 5.10 Å². The van der Waals surface area contributed by atoms with E-state index in [1.165, 1.54) is 0 Å². The van der Waals surface area contributed by atoms with E-state index in [4.69, 9.17) is 26.8 Å². The highest BCUT2D eigenvalue weighted by molar-refractivity contribution is 6.30. The van der Waals surface area contributed by atoms with Gasteiger partial charge in [0.05, 0.1) is 29.3 Å².